The van der Waals surface area contributed by atoms with Crippen LogP contribution in [0.4, 0.5) is 4.79 Å². The summed E-state index contributed by atoms with van der Waals surface area (Å²) < 4.78 is 46.2. The van der Waals surface area contributed by atoms with E-state index in [0.717, 1.165) is 22.3 Å². The summed E-state index contributed by atoms with van der Waals surface area (Å²) in [5.41, 5.74) is 6.42. The van der Waals surface area contributed by atoms with Crippen molar-refractivity contribution < 1.29 is 52.3 Å². The smallest absolute Gasteiger partial charge is 0.407 e. The molecule has 0 spiro atoms. The van der Waals surface area contributed by atoms with Gasteiger partial charge in [-0.2, -0.15) is 0 Å². The van der Waals surface area contributed by atoms with Gasteiger partial charge in [-0.1, -0.05) is 62.4 Å². The highest BCUT2D eigenvalue weighted by Gasteiger charge is 2.54. The Balaban J connectivity index is 1.08. The minimum absolute atomic E-state index is 0.0163. The van der Waals surface area contributed by atoms with E-state index in [1.54, 1.807) is 6.07 Å². The van der Waals surface area contributed by atoms with Crippen molar-refractivity contribution >= 4 is 18.0 Å². The monoisotopic (exact) mass is 735 g/mol. The van der Waals surface area contributed by atoms with E-state index in [9.17, 15) is 14.4 Å². The van der Waals surface area contributed by atoms with E-state index in [-0.39, 0.29) is 31.8 Å². The maximum Gasteiger partial charge on any atom is 0.407 e. The van der Waals surface area contributed by atoms with E-state index < -0.39 is 47.9 Å². The lowest BCUT2D eigenvalue weighted by atomic mass is 9.66. The fraction of sp³-hybridized carbons (Fsp3) is 0.357. The van der Waals surface area contributed by atoms with Crippen LogP contribution < -0.4 is 29.0 Å². The number of hydrogen-bond donors (Lipinski definition) is 1. The normalized spacial score (nSPS) is 20.9. The Morgan fingerprint density at radius 2 is 1.41 bits per heavy atom. The largest absolute Gasteiger partial charge is 0.493 e. The van der Waals surface area contributed by atoms with Gasteiger partial charge in [-0.25, -0.2) is 9.59 Å². The molecule has 2 aliphatic heterocycles. The topological polar surface area (TPSA) is 137 Å². The Labute approximate surface area is 312 Å². The first-order valence-corrected chi connectivity index (χ1v) is 17.9. The first kappa shape index (κ1) is 35.1. The molecule has 8 rings (SSSR count). The molecule has 1 amide bonds. The number of nitrogens with one attached hydrogen (secondary N) is 1. The summed E-state index contributed by atoms with van der Waals surface area (Å²) in [7, 11) is 4.57. The molecule has 4 aliphatic rings. The zero-order chi connectivity index (χ0) is 37.7. The highest BCUT2D eigenvalue weighted by atomic mass is 16.7. The van der Waals surface area contributed by atoms with Gasteiger partial charge in [-0.3, -0.25) is 4.79 Å². The molecule has 4 aromatic rings. The number of benzene rings is 4. The molecule has 1 fully saturated rings. The van der Waals surface area contributed by atoms with Crippen molar-refractivity contribution in [2.75, 3.05) is 41.3 Å². The molecule has 5 atom stereocenters. The third kappa shape index (κ3) is 5.89. The van der Waals surface area contributed by atoms with Gasteiger partial charge in [0.1, 0.15) is 18.8 Å². The van der Waals surface area contributed by atoms with Crippen LogP contribution in [0.1, 0.15) is 59.6 Å². The predicted octanol–water partition coefficient (Wildman–Crippen LogP) is 6.52. The van der Waals surface area contributed by atoms with E-state index in [4.69, 9.17) is 37.9 Å². The van der Waals surface area contributed by atoms with E-state index >= 15 is 0 Å². The lowest BCUT2D eigenvalue weighted by molar-refractivity contribution is -0.158. The Morgan fingerprint density at radius 1 is 0.796 bits per heavy atom. The van der Waals surface area contributed by atoms with Crippen molar-refractivity contribution in [2.45, 2.75) is 37.8 Å². The quantitative estimate of drug-likeness (QED) is 0.141. The van der Waals surface area contributed by atoms with Crippen LogP contribution in [-0.4, -0.2) is 65.4 Å². The zero-order valence-electron chi connectivity index (χ0n) is 30.6. The SMILES string of the molecule is COc1cc([C@@H]2c3cc4c(cc3[C@H](OC(=O)C(NC(=O)OCC3c5ccccc5-c5ccccc53)C(C)C)[C@H]3COC(=O)[C@@H]23)OCO4)cc(OC)c1OC. The Hall–Kier alpha value is -5.91. The molecule has 0 aromatic heterocycles. The molecule has 54 heavy (non-hydrogen) atoms. The molecule has 4 aromatic carbocycles. The minimum atomic E-state index is -1.05. The molecule has 12 nitrogen and oxygen atoms in total. The number of cyclic esters (lactones) is 1. The van der Waals surface area contributed by atoms with Gasteiger partial charge in [0, 0.05) is 23.3 Å². The number of alkyl carbamates (subject to hydrolysis) is 1. The maximum atomic E-state index is 14.2. The van der Waals surface area contributed by atoms with Crippen molar-refractivity contribution in [3.63, 3.8) is 0 Å². The lowest BCUT2D eigenvalue weighted by Gasteiger charge is -2.39. The number of hydrogen-bond acceptors (Lipinski definition) is 11. The van der Waals surface area contributed by atoms with Crippen LogP contribution in [0.5, 0.6) is 28.7 Å². The van der Waals surface area contributed by atoms with Crippen LogP contribution in [0.2, 0.25) is 0 Å². The van der Waals surface area contributed by atoms with Gasteiger partial charge >= 0.3 is 18.0 Å². The number of methoxy groups -OCH3 is 3. The number of carbonyl (C=O) groups is 3. The van der Waals surface area contributed by atoms with Crippen molar-refractivity contribution in [1.82, 2.24) is 5.32 Å². The van der Waals surface area contributed by atoms with E-state index in [2.05, 4.69) is 17.4 Å². The molecule has 12 heteroatoms. The number of esters is 2. The van der Waals surface area contributed by atoms with E-state index in [0.29, 0.717) is 45.4 Å². The molecule has 2 heterocycles. The number of rotatable bonds is 10. The summed E-state index contributed by atoms with van der Waals surface area (Å²) in [6.45, 7) is 3.75. The molecule has 1 unspecified atom stereocenters. The second kappa shape index (κ2) is 14.1. The summed E-state index contributed by atoms with van der Waals surface area (Å²) in [5.74, 6) is -1.24. The van der Waals surface area contributed by atoms with Crippen molar-refractivity contribution in [1.29, 1.82) is 0 Å². The molecular weight excluding hydrogens is 694 g/mol. The van der Waals surface area contributed by atoms with Gasteiger partial charge in [0.15, 0.2) is 23.0 Å². The lowest BCUT2D eigenvalue weighted by Crippen LogP contribution is -2.47. The molecule has 1 N–H and O–H groups in total. The average molecular weight is 736 g/mol. The van der Waals surface area contributed by atoms with Crippen LogP contribution in [-0.2, 0) is 23.8 Å². The summed E-state index contributed by atoms with van der Waals surface area (Å²) in [6, 6.07) is 22.3. The Kier molecular flexibility index (Phi) is 9.21. The summed E-state index contributed by atoms with van der Waals surface area (Å²) in [6.07, 6.45) is -1.65. The van der Waals surface area contributed by atoms with E-state index in [1.165, 1.54) is 21.3 Å². The standard InChI is InChI=1S/C42H41NO11/c1-21(2)37(43-42(46)51-18-29-25-12-8-6-10-23(25)24-11-7-9-13-26(24)29)41(45)54-38-28-17-32-31(52-20-53-32)16-27(28)35(36-30(38)19-50-40(36)44)22-14-33(47-3)39(49-5)34(15-22)48-4/h6-17,21,29-30,35-38H,18-20H2,1-5H3,(H,43,46)/t30-,35+,36+,37?,38-/m0/s1. The van der Waals surface area contributed by atoms with Crippen molar-refractivity contribution in [2.24, 2.45) is 17.8 Å². The number of amides is 1. The zero-order valence-corrected chi connectivity index (χ0v) is 30.6. The first-order valence-electron chi connectivity index (χ1n) is 17.9. The van der Waals surface area contributed by atoms with Gasteiger partial charge < -0.3 is 43.2 Å². The molecule has 1 saturated heterocycles. The van der Waals surface area contributed by atoms with Crippen LogP contribution in [0.15, 0.2) is 72.8 Å². The van der Waals surface area contributed by atoms with Gasteiger partial charge in [0.25, 0.3) is 0 Å². The number of fused-ring (bicyclic) bond motifs is 6. The molecule has 2 aliphatic carbocycles. The second-order valence-electron chi connectivity index (χ2n) is 14.1. The predicted molar refractivity (Wildman–Crippen MR) is 194 cm³/mol. The average Bonchev–Trinajstić information content (AvgIpc) is 3.90. The highest BCUT2D eigenvalue weighted by molar-refractivity contribution is 5.83. The number of carbonyl (C=O) groups excluding carboxylic acids is 3. The number of ether oxygens (including phenoxy) is 8. The summed E-state index contributed by atoms with van der Waals surface area (Å²) in [5, 5.41) is 2.76. The molecule has 0 saturated carbocycles. The third-order valence-electron chi connectivity index (χ3n) is 10.9. The van der Waals surface area contributed by atoms with Crippen LogP contribution >= 0.6 is 0 Å². The Bertz CT molecular complexity index is 2060. The van der Waals surface area contributed by atoms with Crippen LogP contribution in [0.3, 0.4) is 0 Å². The molecule has 0 bridgehead atoms. The third-order valence-corrected chi connectivity index (χ3v) is 10.9. The van der Waals surface area contributed by atoms with Crippen molar-refractivity contribution in [3.8, 4) is 39.9 Å². The first-order chi connectivity index (χ1) is 26.2. The van der Waals surface area contributed by atoms with Gasteiger partial charge in [0.05, 0.1) is 33.9 Å². The highest BCUT2D eigenvalue weighted by Crippen LogP contribution is 2.56. The second-order valence-corrected chi connectivity index (χ2v) is 14.1. The van der Waals surface area contributed by atoms with Gasteiger partial charge in [-0.15, -0.1) is 0 Å². The summed E-state index contributed by atoms with van der Waals surface area (Å²) in [4.78, 5) is 41.2. The van der Waals surface area contributed by atoms with Gasteiger partial charge in [-0.05, 0) is 63.6 Å². The molecule has 280 valence electrons. The maximum absolute atomic E-state index is 14.2. The minimum Gasteiger partial charge on any atom is -0.493 e. The fourth-order valence-corrected chi connectivity index (χ4v) is 8.41. The Morgan fingerprint density at radius 3 is 2.00 bits per heavy atom. The van der Waals surface area contributed by atoms with Gasteiger partial charge in [0.2, 0.25) is 12.5 Å². The van der Waals surface area contributed by atoms with Crippen LogP contribution in [0.25, 0.3) is 11.1 Å². The molecule has 0 radical (unpaired) electrons. The summed E-state index contributed by atoms with van der Waals surface area (Å²) >= 11 is 0. The molecular formula is C42H41NO11. The van der Waals surface area contributed by atoms with Crippen molar-refractivity contribution in [3.05, 3.63) is 101 Å². The van der Waals surface area contributed by atoms with E-state index in [1.807, 2.05) is 68.4 Å². The van der Waals surface area contributed by atoms with Crippen LogP contribution in [0, 0.1) is 17.8 Å². The fourth-order valence-electron chi connectivity index (χ4n) is 8.41.